The number of rotatable bonds is 9. The quantitative estimate of drug-likeness (QED) is 0.303. The molecule has 202 valence electrons. The van der Waals surface area contributed by atoms with Gasteiger partial charge in [-0.05, 0) is 68.1 Å². The summed E-state index contributed by atoms with van der Waals surface area (Å²) in [5.41, 5.74) is -1.47. The summed E-state index contributed by atoms with van der Waals surface area (Å²) >= 11 is 0. The Labute approximate surface area is 218 Å². The smallest absolute Gasteiger partial charge is 0.428 e. The number of nitrogens with zero attached hydrogens (tertiary/aromatic N) is 1. The van der Waals surface area contributed by atoms with E-state index in [1.54, 1.807) is 57.2 Å². The molecule has 0 aromatic heterocycles. The predicted octanol–water partition coefficient (Wildman–Crippen LogP) is 6.61. The first-order valence-electron chi connectivity index (χ1n) is 11.3. The lowest BCUT2D eigenvalue weighted by Gasteiger charge is -2.38. The number of nitrogens with one attached hydrogen (secondary N) is 1. The van der Waals surface area contributed by atoms with E-state index in [1.807, 2.05) is 0 Å². The summed E-state index contributed by atoms with van der Waals surface area (Å²) in [5.74, 6) is -2.86. The predicted molar refractivity (Wildman–Crippen MR) is 131 cm³/mol. The van der Waals surface area contributed by atoms with E-state index >= 15 is 0 Å². The van der Waals surface area contributed by atoms with E-state index in [1.165, 1.54) is 12.1 Å². The van der Waals surface area contributed by atoms with Crippen molar-refractivity contribution in [1.82, 2.24) is 4.72 Å². The van der Waals surface area contributed by atoms with E-state index in [0.717, 1.165) is 18.2 Å². The third kappa shape index (κ3) is 6.55. The zero-order chi connectivity index (χ0) is 28.3. The number of alkyl halides is 4. The highest BCUT2D eigenvalue weighted by molar-refractivity contribution is 7.84. The molecule has 1 N–H and O–H groups in total. The first-order valence-corrected chi connectivity index (χ1v) is 12.4. The van der Waals surface area contributed by atoms with Gasteiger partial charge < -0.3 is 4.74 Å². The molecule has 0 saturated heterocycles. The van der Waals surface area contributed by atoms with Crippen molar-refractivity contribution in [3.63, 3.8) is 0 Å². The molecule has 0 aliphatic heterocycles. The maximum Gasteiger partial charge on any atom is 0.461 e. The Morgan fingerprint density at radius 2 is 1.63 bits per heavy atom. The Morgan fingerprint density at radius 1 is 0.974 bits per heavy atom. The van der Waals surface area contributed by atoms with Crippen LogP contribution in [0.5, 0.6) is 5.75 Å². The van der Waals surface area contributed by atoms with Gasteiger partial charge in [0.2, 0.25) is 0 Å². The Morgan fingerprint density at radius 3 is 2.21 bits per heavy atom. The molecule has 0 amide bonds. The van der Waals surface area contributed by atoms with Gasteiger partial charge in [-0.15, -0.1) is 0 Å². The molecular weight excluding hydrogens is 530 g/mol. The molecule has 0 fully saturated rings. The van der Waals surface area contributed by atoms with Crippen LogP contribution >= 0.6 is 0 Å². The molecule has 3 rings (SSSR count). The third-order valence-electron chi connectivity index (χ3n) is 5.59. The van der Waals surface area contributed by atoms with Crippen molar-refractivity contribution in [3.8, 4) is 11.8 Å². The van der Waals surface area contributed by atoms with Crippen LogP contribution in [-0.4, -0.2) is 21.5 Å². The summed E-state index contributed by atoms with van der Waals surface area (Å²) in [5, 5.41) is 9.44. The van der Waals surface area contributed by atoms with Gasteiger partial charge in [0.1, 0.15) is 23.5 Å². The van der Waals surface area contributed by atoms with Gasteiger partial charge in [-0.3, -0.25) is 0 Å². The lowest BCUT2D eigenvalue weighted by Crippen LogP contribution is -2.50. The molecule has 0 bridgehead atoms. The SMILES string of the molecule is CC(C)(C)S(=O)N[C@@](Cc1ccccc1)(c1cc(F)cc(OC(F)(F)C(F)F)c1)c1ccc(F)c(C#N)c1. The van der Waals surface area contributed by atoms with Gasteiger partial charge in [0.05, 0.1) is 26.8 Å². The fourth-order valence-electron chi connectivity index (χ4n) is 3.68. The standard InChI is InChI=1S/C27H24F6N2O2S/c1-25(2,3)38(36)35-26(15-17-7-5-4-6-8-17,19-9-10-23(29)18(11-19)16-34)20-12-21(28)14-22(13-20)37-27(32,33)24(30)31/h4-14,24,35H,15H2,1-3H3/t26-,38?/m1/s1. The van der Waals surface area contributed by atoms with Gasteiger partial charge in [-0.1, -0.05) is 36.4 Å². The van der Waals surface area contributed by atoms with Crippen LogP contribution in [0.4, 0.5) is 26.3 Å². The van der Waals surface area contributed by atoms with E-state index in [9.17, 15) is 35.8 Å². The highest BCUT2D eigenvalue weighted by Gasteiger charge is 2.45. The molecule has 0 aliphatic carbocycles. The van der Waals surface area contributed by atoms with Crippen molar-refractivity contribution in [2.45, 2.75) is 50.0 Å². The summed E-state index contributed by atoms with van der Waals surface area (Å²) in [4.78, 5) is 0. The Bertz CT molecular complexity index is 1360. The van der Waals surface area contributed by atoms with Crippen LogP contribution in [-0.2, 0) is 22.9 Å². The molecule has 11 heteroatoms. The molecule has 1 unspecified atom stereocenters. The Hall–Kier alpha value is -3.36. The molecule has 2 atom stereocenters. The van der Waals surface area contributed by atoms with E-state index in [0.29, 0.717) is 11.6 Å². The highest BCUT2D eigenvalue weighted by Crippen LogP contribution is 2.39. The zero-order valence-electron chi connectivity index (χ0n) is 20.6. The zero-order valence-corrected chi connectivity index (χ0v) is 21.4. The van der Waals surface area contributed by atoms with Gasteiger partial charge in [0.25, 0.3) is 0 Å². The topological polar surface area (TPSA) is 62.1 Å². The van der Waals surface area contributed by atoms with Crippen molar-refractivity contribution in [2.24, 2.45) is 0 Å². The second-order valence-corrected chi connectivity index (χ2v) is 11.5. The minimum absolute atomic E-state index is 0.0830. The summed E-state index contributed by atoms with van der Waals surface area (Å²) in [7, 11) is -1.89. The highest BCUT2D eigenvalue weighted by atomic mass is 32.2. The Balaban J connectivity index is 2.36. The first kappa shape index (κ1) is 29.2. The number of ether oxygens (including phenoxy) is 1. The van der Waals surface area contributed by atoms with Crippen LogP contribution in [0.15, 0.2) is 66.7 Å². The molecule has 0 spiro atoms. The summed E-state index contributed by atoms with van der Waals surface area (Å²) in [6.45, 7) is 4.95. The average Bonchev–Trinajstić information content (AvgIpc) is 2.83. The second kappa shape index (κ2) is 11.2. The summed E-state index contributed by atoms with van der Waals surface area (Å²) in [6, 6.07) is 16.1. The fourth-order valence-corrected chi connectivity index (χ4v) is 4.61. The number of nitriles is 1. The van der Waals surface area contributed by atoms with E-state index in [2.05, 4.69) is 9.46 Å². The minimum Gasteiger partial charge on any atom is -0.428 e. The van der Waals surface area contributed by atoms with Gasteiger partial charge >= 0.3 is 12.5 Å². The lowest BCUT2D eigenvalue weighted by atomic mass is 9.78. The van der Waals surface area contributed by atoms with E-state index in [4.69, 9.17) is 0 Å². The summed E-state index contributed by atoms with van der Waals surface area (Å²) in [6.07, 6.45) is -9.19. The molecule has 38 heavy (non-hydrogen) atoms. The van der Waals surface area contributed by atoms with Crippen LogP contribution < -0.4 is 9.46 Å². The van der Waals surface area contributed by atoms with Crippen molar-refractivity contribution < 1.29 is 35.3 Å². The van der Waals surface area contributed by atoms with E-state index in [-0.39, 0.29) is 23.1 Å². The monoisotopic (exact) mass is 554 g/mol. The normalized spacial score (nSPS) is 14.6. The minimum atomic E-state index is -4.92. The van der Waals surface area contributed by atoms with Crippen molar-refractivity contribution in [3.05, 3.63) is 101 Å². The number of halogens is 6. The van der Waals surface area contributed by atoms with Gasteiger partial charge in [-0.2, -0.15) is 22.8 Å². The van der Waals surface area contributed by atoms with E-state index < -0.39 is 51.2 Å². The molecule has 3 aromatic rings. The summed E-state index contributed by atoms with van der Waals surface area (Å²) < 4.78 is 102. The molecule has 0 saturated carbocycles. The number of hydrogen-bond acceptors (Lipinski definition) is 3. The molecular formula is C27H24F6N2O2S. The maximum absolute atomic E-state index is 14.8. The van der Waals surface area contributed by atoms with Crippen molar-refractivity contribution in [2.75, 3.05) is 0 Å². The van der Waals surface area contributed by atoms with Crippen LogP contribution in [0, 0.1) is 23.0 Å². The molecule has 3 aromatic carbocycles. The number of benzene rings is 3. The van der Waals surface area contributed by atoms with Gasteiger partial charge in [0, 0.05) is 6.07 Å². The Kier molecular flexibility index (Phi) is 8.58. The molecule has 0 heterocycles. The van der Waals surface area contributed by atoms with Crippen LogP contribution in [0.25, 0.3) is 0 Å². The largest absolute Gasteiger partial charge is 0.461 e. The molecule has 4 nitrogen and oxygen atoms in total. The molecule has 0 aliphatic rings. The average molecular weight is 555 g/mol. The fraction of sp³-hybridized carbons (Fsp3) is 0.296. The first-order chi connectivity index (χ1) is 17.7. The lowest BCUT2D eigenvalue weighted by molar-refractivity contribution is -0.253. The molecule has 0 radical (unpaired) electrons. The van der Waals surface area contributed by atoms with Gasteiger partial charge in [0.15, 0.2) is 0 Å². The van der Waals surface area contributed by atoms with Crippen molar-refractivity contribution >= 4 is 11.0 Å². The van der Waals surface area contributed by atoms with Crippen LogP contribution in [0.3, 0.4) is 0 Å². The van der Waals surface area contributed by atoms with Gasteiger partial charge in [-0.25, -0.2) is 17.7 Å². The number of hydrogen-bond donors (Lipinski definition) is 1. The van der Waals surface area contributed by atoms with Crippen LogP contribution in [0.2, 0.25) is 0 Å². The maximum atomic E-state index is 14.8. The third-order valence-corrected chi connectivity index (χ3v) is 7.23. The van der Waals surface area contributed by atoms with Crippen LogP contribution in [0.1, 0.15) is 43.0 Å². The second-order valence-electron chi connectivity index (χ2n) is 9.50. The van der Waals surface area contributed by atoms with Crippen molar-refractivity contribution in [1.29, 1.82) is 5.26 Å².